The first-order valence-corrected chi connectivity index (χ1v) is 14.6. The van der Waals surface area contributed by atoms with Gasteiger partial charge in [0.1, 0.15) is 12.6 Å². The van der Waals surface area contributed by atoms with Crippen LogP contribution in [-0.2, 0) is 26.2 Å². The minimum atomic E-state index is -4.09. The topological polar surface area (TPSA) is 86.8 Å². The van der Waals surface area contributed by atoms with E-state index in [-0.39, 0.29) is 17.3 Å². The number of hydrogen-bond acceptors (Lipinski definition) is 4. The van der Waals surface area contributed by atoms with E-state index >= 15 is 0 Å². The number of aryl methyl sites for hydroxylation is 2. The monoisotopic (exact) mass is 549 g/mol. The summed E-state index contributed by atoms with van der Waals surface area (Å²) in [5, 5.41) is 2.98. The van der Waals surface area contributed by atoms with Gasteiger partial charge >= 0.3 is 0 Å². The van der Waals surface area contributed by atoms with Crippen molar-refractivity contribution in [3.63, 3.8) is 0 Å². The Bertz CT molecular complexity index is 1380. The number of carbonyl (C=O) groups excluding carboxylic acids is 2. The van der Waals surface area contributed by atoms with Gasteiger partial charge in [-0.05, 0) is 70.4 Å². The minimum Gasteiger partial charge on any atom is -0.350 e. The molecule has 0 fully saturated rings. The number of amides is 2. The van der Waals surface area contributed by atoms with Crippen LogP contribution >= 0.6 is 0 Å². The van der Waals surface area contributed by atoms with Crippen LogP contribution in [0.15, 0.2) is 83.8 Å². The number of nitrogens with zero attached hydrogens (tertiary/aromatic N) is 2. The Hall–Kier alpha value is -3.65. The lowest BCUT2D eigenvalue weighted by Crippen LogP contribution is -2.55. The first-order valence-electron chi connectivity index (χ1n) is 13.1. The number of anilines is 1. The molecule has 0 aromatic heterocycles. The molecule has 1 unspecified atom stereocenters. The van der Waals surface area contributed by atoms with Crippen molar-refractivity contribution >= 4 is 27.5 Å². The molecule has 0 saturated heterocycles. The van der Waals surface area contributed by atoms with E-state index in [1.165, 1.54) is 4.90 Å². The Kier molecular flexibility index (Phi) is 9.56. The lowest BCUT2D eigenvalue weighted by Gasteiger charge is -2.35. The Morgan fingerprint density at radius 1 is 0.872 bits per heavy atom. The SMILES string of the molecule is CCC(C(=O)NC(C)(C)C)N(Cc1ccccc1)C(=O)CN(c1ccccc1C)S(=O)(=O)c1ccc(C)cc1. The molecular formula is C31H39N3O4S. The first-order chi connectivity index (χ1) is 18.3. The van der Waals surface area contributed by atoms with Crippen LogP contribution in [0, 0.1) is 13.8 Å². The fourth-order valence-corrected chi connectivity index (χ4v) is 5.83. The van der Waals surface area contributed by atoms with Gasteiger partial charge < -0.3 is 10.2 Å². The molecule has 0 aliphatic rings. The van der Waals surface area contributed by atoms with Crippen LogP contribution in [-0.4, -0.2) is 43.3 Å². The highest BCUT2D eigenvalue weighted by Crippen LogP contribution is 2.27. The number of carbonyl (C=O) groups is 2. The minimum absolute atomic E-state index is 0.0938. The maximum Gasteiger partial charge on any atom is 0.264 e. The number of para-hydroxylation sites is 1. The van der Waals surface area contributed by atoms with E-state index in [9.17, 15) is 18.0 Å². The smallest absolute Gasteiger partial charge is 0.264 e. The molecule has 0 aliphatic carbocycles. The molecule has 39 heavy (non-hydrogen) atoms. The molecule has 0 radical (unpaired) electrons. The van der Waals surface area contributed by atoms with E-state index in [1.54, 1.807) is 36.4 Å². The highest BCUT2D eigenvalue weighted by Gasteiger charge is 2.34. The van der Waals surface area contributed by atoms with E-state index in [1.807, 2.05) is 84.0 Å². The molecule has 1 atom stereocenters. The molecule has 0 bridgehead atoms. The average molecular weight is 550 g/mol. The molecule has 3 rings (SSSR count). The van der Waals surface area contributed by atoms with Gasteiger partial charge in [-0.15, -0.1) is 0 Å². The van der Waals surface area contributed by atoms with Gasteiger partial charge in [0.15, 0.2) is 0 Å². The van der Waals surface area contributed by atoms with Crippen molar-refractivity contribution in [1.29, 1.82) is 0 Å². The van der Waals surface area contributed by atoms with Crippen LogP contribution in [0.25, 0.3) is 0 Å². The molecule has 0 aliphatic heterocycles. The molecule has 3 aromatic carbocycles. The predicted molar refractivity (Wildman–Crippen MR) is 156 cm³/mol. The molecule has 208 valence electrons. The zero-order valence-electron chi connectivity index (χ0n) is 23.6. The maximum absolute atomic E-state index is 14.1. The van der Waals surface area contributed by atoms with Gasteiger partial charge in [0.25, 0.3) is 10.0 Å². The van der Waals surface area contributed by atoms with Crippen LogP contribution in [0.5, 0.6) is 0 Å². The number of benzene rings is 3. The Balaban J connectivity index is 2.07. The van der Waals surface area contributed by atoms with Crippen LogP contribution in [0.3, 0.4) is 0 Å². The normalized spacial score (nSPS) is 12.5. The largest absolute Gasteiger partial charge is 0.350 e. The van der Waals surface area contributed by atoms with Crippen molar-refractivity contribution in [1.82, 2.24) is 10.2 Å². The highest BCUT2D eigenvalue weighted by molar-refractivity contribution is 7.92. The van der Waals surface area contributed by atoms with Crippen LogP contribution in [0.4, 0.5) is 5.69 Å². The van der Waals surface area contributed by atoms with E-state index in [2.05, 4.69) is 5.32 Å². The molecular weight excluding hydrogens is 510 g/mol. The molecule has 2 amide bonds. The van der Waals surface area contributed by atoms with E-state index in [4.69, 9.17) is 0 Å². The highest BCUT2D eigenvalue weighted by atomic mass is 32.2. The van der Waals surface area contributed by atoms with Gasteiger partial charge in [0, 0.05) is 12.1 Å². The van der Waals surface area contributed by atoms with Crippen molar-refractivity contribution in [2.24, 2.45) is 0 Å². The third-order valence-corrected chi connectivity index (χ3v) is 8.13. The molecule has 0 spiro atoms. The summed E-state index contributed by atoms with van der Waals surface area (Å²) < 4.78 is 29.1. The van der Waals surface area contributed by atoms with Crippen LogP contribution < -0.4 is 9.62 Å². The molecule has 3 aromatic rings. The molecule has 0 heterocycles. The van der Waals surface area contributed by atoms with Gasteiger partial charge in [-0.2, -0.15) is 0 Å². The van der Waals surface area contributed by atoms with Crippen molar-refractivity contribution in [2.45, 2.75) is 71.0 Å². The first kappa shape index (κ1) is 29.9. The van der Waals surface area contributed by atoms with E-state index in [0.29, 0.717) is 17.7 Å². The van der Waals surface area contributed by atoms with Gasteiger partial charge in [0.2, 0.25) is 11.8 Å². The summed E-state index contributed by atoms with van der Waals surface area (Å²) in [6.45, 7) is 10.9. The predicted octanol–water partition coefficient (Wildman–Crippen LogP) is 5.22. The quantitative estimate of drug-likeness (QED) is 0.376. The number of hydrogen-bond donors (Lipinski definition) is 1. The second-order valence-corrected chi connectivity index (χ2v) is 12.6. The summed E-state index contributed by atoms with van der Waals surface area (Å²) in [5.74, 6) is -0.744. The second-order valence-electron chi connectivity index (χ2n) is 10.8. The number of sulfonamides is 1. The fourth-order valence-electron chi connectivity index (χ4n) is 4.35. The third kappa shape index (κ3) is 7.69. The van der Waals surface area contributed by atoms with Gasteiger partial charge in [0.05, 0.1) is 10.6 Å². The number of nitrogens with one attached hydrogen (secondary N) is 1. The summed E-state index contributed by atoms with van der Waals surface area (Å²) in [6.07, 6.45) is 0.371. The Labute approximate surface area is 232 Å². The summed E-state index contributed by atoms with van der Waals surface area (Å²) in [6, 6.07) is 22.3. The zero-order valence-corrected chi connectivity index (χ0v) is 24.5. The van der Waals surface area contributed by atoms with E-state index < -0.39 is 34.1 Å². The molecule has 7 nitrogen and oxygen atoms in total. The van der Waals surface area contributed by atoms with Gasteiger partial charge in [-0.3, -0.25) is 13.9 Å². The van der Waals surface area contributed by atoms with Crippen LogP contribution in [0.1, 0.15) is 50.8 Å². The van der Waals surface area contributed by atoms with Gasteiger partial charge in [-0.1, -0.05) is 73.2 Å². The van der Waals surface area contributed by atoms with Crippen molar-refractivity contribution < 1.29 is 18.0 Å². The maximum atomic E-state index is 14.1. The summed E-state index contributed by atoms with van der Waals surface area (Å²) in [7, 11) is -4.09. The fraction of sp³-hybridized carbons (Fsp3) is 0.355. The lowest BCUT2D eigenvalue weighted by molar-refractivity contribution is -0.141. The van der Waals surface area contributed by atoms with Crippen molar-refractivity contribution in [2.75, 3.05) is 10.8 Å². The average Bonchev–Trinajstić information content (AvgIpc) is 2.87. The Morgan fingerprint density at radius 2 is 1.46 bits per heavy atom. The summed E-state index contributed by atoms with van der Waals surface area (Å²) >= 11 is 0. The van der Waals surface area contributed by atoms with Gasteiger partial charge in [-0.25, -0.2) is 8.42 Å². The lowest BCUT2D eigenvalue weighted by atomic mass is 10.1. The molecule has 8 heteroatoms. The van der Waals surface area contributed by atoms with Crippen molar-refractivity contribution in [3.8, 4) is 0 Å². The molecule has 0 saturated carbocycles. The Morgan fingerprint density at radius 3 is 2.03 bits per heavy atom. The number of rotatable bonds is 10. The van der Waals surface area contributed by atoms with Crippen LogP contribution in [0.2, 0.25) is 0 Å². The third-order valence-electron chi connectivity index (χ3n) is 6.35. The summed E-state index contributed by atoms with van der Waals surface area (Å²) in [5.41, 5.74) is 2.41. The van der Waals surface area contributed by atoms with E-state index in [0.717, 1.165) is 15.4 Å². The zero-order chi connectivity index (χ0) is 28.8. The van der Waals surface area contributed by atoms with Crippen molar-refractivity contribution in [3.05, 3.63) is 95.6 Å². The summed E-state index contributed by atoms with van der Waals surface area (Å²) in [4.78, 5) is 29.0. The molecule has 1 N–H and O–H groups in total. The second kappa shape index (κ2) is 12.5. The standard InChI is InChI=1S/C31H39N3O4S/c1-7-27(30(36)32-31(4,5)6)33(21-25-14-9-8-10-15-25)29(35)22-34(28-16-12-11-13-24(28)3)39(37,38)26-19-17-23(2)18-20-26/h8-20,27H,7,21-22H2,1-6H3,(H,32,36).